The van der Waals surface area contributed by atoms with Crippen LogP contribution in [0.1, 0.15) is 0 Å². The first-order valence-corrected chi connectivity index (χ1v) is 4.39. The summed E-state index contributed by atoms with van der Waals surface area (Å²) in [5, 5.41) is 30.3. The summed E-state index contributed by atoms with van der Waals surface area (Å²) >= 11 is 0. The van der Waals surface area contributed by atoms with E-state index in [0.717, 1.165) is 0 Å². The number of aromatic nitrogens is 3. The fourth-order valence-electron chi connectivity index (χ4n) is 1.31. The Morgan fingerprint density at radius 1 is 1.12 bits per heavy atom. The van der Waals surface area contributed by atoms with Crippen molar-refractivity contribution in [2.45, 2.75) is 0 Å². The van der Waals surface area contributed by atoms with Crippen molar-refractivity contribution in [3.63, 3.8) is 0 Å². The van der Waals surface area contributed by atoms with E-state index in [0.29, 0.717) is 0 Å². The summed E-state index contributed by atoms with van der Waals surface area (Å²) < 4.78 is 0. The predicted octanol–water partition coefficient (Wildman–Crippen LogP) is 1.29. The third kappa shape index (κ3) is 1.93. The molecule has 0 amide bonds. The summed E-state index contributed by atoms with van der Waals surface area (Å²) in [6.07, 6.45) is 0. The Bertz CT molecular complexity index is 593. The second-order valence-electron chi connectivity index (χ2n) is 3.06. The lowest BCUT2D eigenvalue weighted by atomic mass is 10.1. The van der Waals surface area contributed by atoms with Gasteiger partial charge in [0.2, 0.25) is 0 Å². The number of benzene rings is 1. The molecular formula is C8H5N5O4. The van der Waals surface area contributed by atoms with Crippen molar-refractivity contribution < 1.29 is 9.85 Å². The van der Waals surface area contributed by atoms with Crippen molar-refractivity contribution in [3.8, 4) is 11.3 Å². The van der Waals surface area contributed by atoms with Crippen LogP contribution in [0.25, 0.3) is 11.3 Å². The Balaban J connectivity index is 2.53. The van der Waals surface area contributed by atoms with Crippen molar-refractivity contribution in [3.05, 3.63) is 44.5 Å². The molecule has 86 valence electrons. The Hall–Kier alpha value is -2.84. The van der Waals surface area contributed by atoms with Crippen LogP contribution in [0.3, 0.4) is 0 Å². The Morgan fingerprint density at radius 2 is 1.88 bits per heavy atom. The third-order valence-electron chi connectivity index (χ3n) is 2.03. The maximum Gasteiger partial charge on any atom is 0.418 e. The molecule has 0 saturated carbocycles. The average Bonchev–Trinajstić information content (AvgIpc) is 2.78. The lowest BCUT2D eigenvalue weighted by Crippen LogP contribution is -1.92. The van der Waals surface area contributed by atoms with Crippen molar-refractivity contribution in [2.75, 3.05) is 0 Å². The van der Waals surface area contributed by atoms with Crippen LogP contribution < -0.4 is 0 Å². The van der Waals surface area contributed by atoms with Gasteiger partial charge in [-0.2, -0.15) is 0 Å². The van der Waals surface area contributed by atoms with Gasteiger partial charge in [0.1, 0.15) is 0 Å². The average molecular weight is 235 g/mol. The molecule has 1 N–H and O–H groups in total. The van der Waals surface area contributed by atoms with Gasteiger partial charge in [-0.05, 0) is 4.92 Å². The lowest BCUT2D eigenvalue weighted by Gasteiger charge is -1.96. The van der Waals surface area contributed by atoms with Crippen molar-refractivity contribution in [1.82, 2.24) is 15.4 Å². The largest absolute Gasteiger partial charge is 0.418 e. The second kappa shape index (κ2) is 3.96. The molecule has 0 spiro atoms. The topological polar surface area (TPSA) is 128 Å². The van der Waals surface area contributed by atoms with Gasteiger partial charge in [-0.15, -0.1) is 10.3 Å². The number of aromatic amines is 1. The van der Waals surface area contributed by atoms with E-state index < -0.39 is 15.7 Å². The summed E-state index contributed by atoms with van der Waals surface area (Å²) in [7, 11) is 0. The predicted molar refractivity (Wildman–Crippen MR) is 55.1 cm³/mol. The van der Waals surface area contributed by atoms with Gasteiger partial charge in [-0.25, -0.2) is 0 Å². The molecule has 0 atom stereocenters. The highest BCUT2D eigenvalue weighted by Crippen LogP contribution is 2.27. The molecule has 2 aromatic rings. The second-order valence-corrected chi connectivity index (χ2v) is 3.06. The van der Waals surface area contributed by atoms with Crippen LogP contribution in [0.15, 0.2) is 24.3 Å². The molecule has 0 bridgehead atoms. The Labute approximate surface area is 93.4 Å². The van der Waals surface area contributed by atoms with Crippen LogP contribution in [0.4, 0.5) is 11.5 Å². The molecular weight excluding hydrogens is 230 g/mol. The first-order valence-electron chi connectivity index (χ1n) is 4.39. The standard InChI is InChI=1S/C8H5N5O4/c14-12(15)6-3-1-2-5(4-6)7-8(13(16)17)10-11-9-7/h1-4H,(H,9,10,11). The number of nitro groups is 2. The molecule has 9 nitrogen and oxygen atoms in total. The molecule has 0 saturated heterocycles. The monoisotopic (exact) mass is 235 g/mol. The summed E-state index contributed by atoms with van der Waals surface area (Å²) in [5.74, 6) is -0.467. The van der Waals surface area contributed by atoms with Gasteiger partial charge in [0, 0.05) is 17.7 Å². The van der Waals surface area contributed by atoms with Crippen molar-refractivity contribution in [1.29, 1.82) is 0 Å². The maximum atomic E-state index is 10.6. The van der Waals surface area contributed by atoms with Crippen LogP contribution in [-0.4, -0.2) is 25.3 Å². The molecule has 1 aromatic carbocycles. The summed E-state index contributed by atoms with van der Waals surface area (Å²) in [5.41, 5.74) is 0.0677. The third-order valence-corrected chi connectivity index (χ3v) is 2.03. The molecule has 2 rings (SSSR count). The van der Waals surface area contributed by atoms with E-state index in [1.807, 2.05) is 0 Å². The van der Waals surface area contributed by atoms with Crippen LogP contribution in [-0.2, 0) is 0 Å². The van der Waals surface area contributed by atoms with E-state index in [2.05, 4.69) is 15.4 Å². The number of hydrogen-bond donors (Lipinski definition) is 1. The molecule has 1 aromatic heterocycles. The summed E-state index contributed by atoms with van der Waals surface area (Å²) in [6, 6.07) is 5.39. The molecule has 0 unspecified atom stereocenters. The van der Waals surface area contributed by atoms with Crippen molar-refractivity contribution >= 4 is 11.5 Å². The molecule has 9 heteroatoms. The number of non-ortho nitro benzene ring substituents is 1. The minimum Gasteiger partial charge on any atom is -0.358 e. The van der Waals surface area contributed by atoms with E-state index in [9.17, 15) is 20.2 Å². The molecule has 0 fully saturated rings. The van der Waals surface area contributed by atoms with E-state index >= 15 is 0 Å². The van der Waals surface area contributed by atoms with E-state index in [4.69, 9.17) is 0 Å². The molecule has 0 radical (unpaired) electrons. The van der Waals surface area contributed by atoms with Gasteiger partial charge in [0.25, 0.3) is 5.69 Å². The first kappa shape index (κ1) is 10.7. The lowest BCUT2D eigenvalue weighted by molar-refractivity contribution is -0.388. The zero-order chi connectivity index (χ0) is 12.4. The fourth-order valence-corrected chi connectivity index (χ4v) is 1.31. The van der Waals surface area contributed by atoms with Gasteiger partial charge >= 0.3 is 5.82 Å². The van der Waals surface area contributed by atoms with Gasteiger partial charge < -0.3 is 10.1 Å². The molecule has 0 aliphatic rings. The minimum atomic E-state index is -0.711. The van der Waals surface area contributed by atoms with Gasteiger partial charge in [-0.1, -0.05) is 12.1 Å². The van der Waals surface area contributed by atoms with Crippen LogP contribution in [0, 0.1) is 20.2 Å². The number of nitrogens with zero attached hydrogens (tertiary/aromatic N) is 4. The van der Waals surface area contributed by atoms with Gasteiger partial charge in [0.05, 0.1) is 10.0 Å². The number of nitrogens with one attached hydrogen (secondary N) is 1. The van der Waals surface area contributed by atoms with Crippen LogP contribution in [0.5, 0.6) is 0 Å². The van der Waals surface area contributed by atoms with Gasteiger partial charge in [-0.3, -0.25) is 10.1 Å². The molecule has 1 heterocycles. The number of nitro benzene ring substituents is 1. The fraction of sp³-hybridized carbons (Fsp3) is 0. The highest BCUT2D eigenvalue weighted by atomic mass is 16.6. The zero-order valence-corrected chi connectivity index (χ0v) is 8.23. The maximum absolute atomic E-state index is 10.6. The zero-order valence-electron chi connectivity index (χ0n) is 8.23. The minimum absolute atomic E-state index is 0.0290. The van der Waals surface area contributed by atoms with Crippen LogP contribution in [0.2, 0.25) is 0 Å². The molecule has 0 aliphatic carbocycles. The number of H-pyrrole nitrogens is 1. The summed E-state index contributed by atoms with van der Waals surface area (Å²) in [4.78, 5) is 19.9. The highest BCUT2D eigenvalue weighted by Gasteiger charge is 2.22. The van der Waals surface area contributed by atoms with E-state index in [1.165, 1.54) is 24.3 Å². The van der Waals surface area contributed by atoms with Gasteiger partial charge in [0.15, 0.2) is 5.69 Å². The Morgan fingerprint density at radius 3 is 2.53 bits per heavy atom. The quantitative estimate of drug-likeness (QED) is 0.630. The molecule has 17 heavy (non-hydrogen) atoms. The normalized spacial score (nSPS) is 10.1. The van der Waals surface area contributed by atoms with E-state index in [-0.39, 0.29) is 16.9 Å². The van der Waals surface area contributed by atoms with Crippen molar-refractivity contribution in [2.24, 2.45) is 0 Å². The molecule has 0 aliphatic heterocycles. The Kier molecular flexibility index (Phi) is 2.49. The highest BCUT2D eigenvalue weighted by molar-refractivity contribution is 5.68. The van der Waals surface area contributed by atoms with Crippen LogP contribution >= 0.6 is 0 Å². The summed E-state index contributed by atoms with van der Waals surface area (Å²) in [6.45, 7) is 0. The number of rotatable bonds is 3. The number of hydrogen-bond acceptors (Lipinski definition) is 6. The first-order chi connectivity index (χ1) is 8.09. The smallest absolute Gasteiger partial charge is 0.358 e. The van der Waals surface area contributed by atoms with E-state index in [1.54, 1.807) is 0 Å². The SMILES string of the molecule is O=[N+]([O-])c1cccc(-c2n[nH]nc2[N+](=O)[O-])c1.